The zero-order valence-corrected chi connectivity index (χ0v) is 16.1. The molecule has 154 valence electrons. The number of ether oxygens (including phenoxy) is 1. The molecule has 3 heterocycles. The Bertz CT molecular complexity index is 1220. The summed E-state index contributed by atoms with van der Waals surface area (Å²) in [6.45, 7) is 1.81. The molecule has 4 atom stereocenters. The molecule has 0 radical (unpaired) electrons. The van der Waals surface area contributed by atoms with Gasteiger partial charge >= 0.3 is 0 Å². The number of nitrogens with zero attached hydrogens (tertiary/aromatic N) is 3. The van der Waals surface area contributed by atoms with Gasteiger partial charge in [-0.1, -0.05) is 17.7 Å². The van der Waals surface area contributed by atoms with Crippen LogP contribution >= 0.6 is 0 Å². The van der Waals surface area contributed by atoms with Crippen LogP contribution in [-0.4, -0.2) is 55.8 Å². The molecule has 2 aromatic heterocycles. The molecule has 12 heteroatoms. The second kappa shape index (κ2) is 6.91. The van der Waals surface area contributed by atoms with E-state index in [2.05, 4.69) is 15.0 Å². The largest absolute Gasteiger partial charge is 0.390 e. The third kappa shape index (κ3) is 3.29. The van der Waals surface area contributed by atoms with E-state index in [0.29, 0.717) is 0 Å². The number of imidazole rings is 1. The Hall–Kier alpha value is -2.80. The first-order chi connectivity index (χ1) is 13.7. The van der Waals surface area contributed by atoms with Crippen molar-refractivity contribution in [2.75, 3.05) is 5.73 Å². The highest BCUT2D eigenvalue weighted by Crippen LogP contribution is 2.34. The van der Waals surface area contributed by atoms with Gasteiger partial charge in [0.1, 0.15) is 12.3 Å². The second-order valence-corrected chi connectivity index (χ2v) is 8.93. The van der Waals surface area contributed by atoms with Crippen LogP contribution in [0.1, 0.15) is 18.2 Å². The molecule has 1 saturated heterocycles. The van der Waals surface area contributed by atoms with Gasteiger partial charge in [-0.15, -0.1) is 0 Å². The Labute approximate surface area is 164 Å². The Morgan fingerprint density at radius 3 is 2.72 bits per heavy atom. The number of nitrogens with one attached hydrogen (secondary N) is 1. The highest BCUT2D eigenvalue weighted by Gasteiger charge is 2.45. The van der Waals surface area contributed by atoms with Crippen LogP contribution in [0.3, 0.4) is 0 Å². The molecule has 1 aromatic carbocycles. The molecule has 1 unspecified atom stereocenters. The number of nitrogen functional groups attached to an aromatic ring is 1. The van der Waals surface area contributed by atoms with E-state index in [4.69, 9.17) is 10.5 Å². The van der Waals surface area contributed by atoms with E-state index >= 15 is 0 Å². The summed E-state index contributed by atoms with van der Waals surface area (Å²) in [5.74, 6) is -0.124. The molecule has 4 rings (SSSR count). The zero-order chi connectivity index (χ0) is 20.9. The summed E-state index contributed by atoms with van der Waals surface area (Å²) in [4.78, 5) is 22.1. The lowest BCUT2D eigenvalue weighted by molar-refractivity contribution is -0.0564. The number of fused-ring (bicyclic) bond motifs is 1. The number of nitrogens with two attached hydrogens (primary N) is 1. The van der Waals surface area contributed by atoms with Gasteiger partial charge in [-0.25, -0.2) is 13.4 Å². The minimum absolute atomic E-state index is 0.0218. The number of sulfone groups is 1. The third-order valence-electron chi connectivity index (χ3n) is 4.85. The minimum atomic E-state index is -4.17. The van der Waals surface area contributed by atoms with E-state index in [1.54, 1.807) is 12.1 Å². The predicted molar refractivity (Wildman–Crippen MR) is 101 cm³/mol. The number of aryl methyl sites for hydroxylation is 1. The maximum atomic E-state index is 12.7. The topological polar surface area (TPSA) is 173 Å². The van der Waals surface area contributed by atoms with Crippen molar-refractivity contribution in [1.82, 2.24) is 19.5 Å². The van der Waals surface area contributed by atoms with E-state index in [1.165, 1.54) is 23.0 Å². The lowest BCUT2D eigenvalue weighted by Crippen LogP contribution is -2.40. The number of benzene rings is 1. The Balaban J connectivity index is 1.64. The number of aliphatic hydroxyl groups excluding tert-OH is 2. The van der Waals surface area contributed by atoms with Crippen molar-refractivity contribution in [3.8, 4) is 0 Å². The highest BCUT2D eigenvalue weighted by molar-refractivity contribution is 7.92. The first kappa shape index (κ1) is 19.5. The molecule has 0 spiro atoms. The molecular formula is C17H19N5O6S. The molecule has 0 aliphatic carbocycles. The van der Waals surface area contributed by atoms with Crippen molar-refractivity contribution in [1.29, 1.82) is 0 Å². The van der Waals surface area contributed by atoms with Gasteiger partial charge in [-0.2, -0.15) is 4.98 Å². The van der Waals surface area contributed by atoms with Crippen molar-refractivity contribution < 1.29 is 23.4 Å². The van der Waals surface area contributed by atoms with Crippen LogP contribution in [0.5, 0.6) is 0 Å². The van der Waals surface area contributed by atoms with Gasteiger partial charge in [0.2, 0.25) is 15.8 Å². The number of aliphatic hydroxyl groups is 2. The molecular weight excluding hydrogens is 402 g/mol. The fourth-order valence-corrected chi connectivity index (χ4v) is 4.70. The number of aromatic nitrogens is 4. The summed E-state index contributed by atoms with van der Waals surface area (Å²) in [5, 5.41) is 20.9. The van der Waals surface area contributed by atoms with Crippen molar-refractivity contribution in [3.05, 3.63) is 46.5 Å². The Morgan fingerprint density at radius 2 is 2.03 bits per heavy atom. The van der Waals surface area contributed by atoms with E-state index in [0.717, 1.165) is 5.56 Å². The Kier molecular flexibility index (Phi) is 4.65. The SMILES string of the molecule is Cc1ccc(S(=O)(=O)C(O)[C@H]2O[C@@H](n3cnc4c(=O)[nH]c(N)nc43)C[C@@H]2O)cc1. The van der Waals surface area contributed by atoms with Crippen LogP contribution in [0, 0.1) is 6.92 Å². The standard InChI is InChI=1S/C17H19N5O6S/c1-8-2-4-9(5-3-8)29(26,27)16(25)13-10(23)6-11(28-13)22-7-19-12-14(22)20-17(18)21-15(12)24/h2-5,7,10-11,13,16,23,25H,6H2,1H3,(H3,18,20,21,24)/t10-,11+,13-,16?/m0/s1. The quantitative estimate of drug-likeness (QED) is 0.431. The summed E-state index contributed by atoms with van der Waals surface area (Å²) in [6, 6.07) is 5.99. The van der Waals surface area contributed by atoms with Gasteiger partial charge in [0.05, 0.1) is 17.3 Å². The zero-order valence-electron chi connectivity index (χ0n) is 15.3. The molecule has 0 amide bonds. The van der Waals surface area contributed by atoms with Crippen molar-refractivity contribution in [3.63, 3.8) is 0 Å². The van der Waals surface area contributed by atoms with Crippen molar-refractivity contribution >= 4 is 26.9 Å². The fraction of sp³-hybridized carbons (Fsp3) is 0.353. The van der Waals surface area contributed by atoms with Crippen molar-refractivity contribution in [2.45, 2.75) is 42.1 Å². The highest BCUT2D eigenvalue weighted by atomic mass is 32.2. The normalized spacial score (nSPS) is 23.5. The number of aromatic amines is 1. The van der Waals surface area contributed by atoms with Gasteiger partial charge < -0.3 is 20.7 Å². The number of rotatable bonds is 4. The average Bonchev–Trinajstić information content (AvgIpc) is 3.25. The maximum absolute atomic E-state index is 12.7. The van der Waals surface area contributed by atoms with Crippen LogP contribution in [0.4, 0.5) is 5.95 Å². The van der Waals surface area contributed by atoms with E-state index < -0.39 is 39.3 Å². The molecule has 0 saturated carbocycles. The predicted octanol–water partition coefficient (Wildman–Crippen LogP) is -0.549. The van der Waals surface area contributed by atoms with Crippen LogP contribution in [-0.2, 0) is 14.6 Å². The minimum Gasteiger partial charge on any atom is -0.390 e. The third-order valence-corrected chi connectivity index (χ3v) is 6.68. The first-order valence-corrected chi connectivity index (χ1v) is 10.3. The molecule has 3 aromatic rings. The molecule has 0 bridgehead atoms. The second-order valence-electron chi connectivity index (χ2n) is 6.88. The Morgan fingerprint density at radius 1 is 1.34 bits per heavy atom. The van der Waals surface area contributed by atoms with E-state index in [1.807, 2.05) is 6.92 Å². The summed E-state index contributed by atoms with van der Waals surface area (Å²) in [5.41, 5.74) is 4.06. The van der Waals surface area contributed by atoms with Crippen LogP contribution in [0.15, 0.2) is 40.3 Å². The van der Waals surface area contributed by atoms with Gasteiger partial charge in [0, 0.05) is 6.42 Å². The number of anilines is 1. The smallest absolute Gasteiger partial charge is 0.280 e. The molecule has 11 nitrogen and oxygen atoms in total. The lowest BCUT2D eigenvalue weighted by Gasteiger charge is -2.21. The van der Waals surface area contributed by atoms with Crippen molar-refractivity contribution in [2.24, 2.45) is 0 Å². The maximum Gasteiger partial charge on any atom is 0.280 e. The molecule has 1 aliphatic heterocycles. The summed E-state index contributed by atoms with van der Waals surface area (Å²) >= 11 is 0. The van der Waals surface area contributed by atoms with Crippen LogP contribution < -0.4 is 11.3 Å². The van der Waals surface area contributed by atoms with Gasteiger partial charge in [0.15, 0.2) is 16.6 Å². The average molecular weight is 421 g/mol. The van der Waals surface area contributed by atoms with Gasteiger partial charge in [0.25, 0.3) is 5.56 Å². The van der Waals surface area contributed by atoms with Gasteiger partial charge in [-0.3, -0.25) is 14.3 Å². The number of hydrogen-bond donors (Lipinski definition) is 4. The monoisotopic (exact) mass is 421 g/mol. The van der Waals surface area contributed by atoms with Crippen LogP contribution in [0.2, 0.25) is 0 Å². The fourth-order valence-electron chi connectivity index (χ4n) is 3.30. The molecule has 29 heavy (non-hydrogen) atoms. The molecule has 1 fully saturated rings. The van der Waals surface area contributed by atoms with E-state index in [9.17, 15) is 23.4 Å². The molecule has 1 aliphatic rings. The van der Waals surface area contributed by atoms with Gasteiger partial charge in [-0.05, 0) is 19.1 Å². The first-order valence-electron chi connectivity index (χ1n) is 8.73. The summed E-state index contributed by atoms with van der Waals surface area (Å²) in [6.07, 6.45) is -2.32. The molecule has 5 N–H and O–H groups in total. The van der Waals surface area contributed by atoms with Crippen LogP contribution in [0.25, 0.3) is 11.2 Å². The van der Waals surface area contributed by atoms with E-state index in [-0.39, 0.29) is 28.4 Å². The lowest BCUT2D eigenvalue weighted by atomic mass is 10.2. The summed E-state index contributed by atoms with van der Waals surface area (Å²) < 4.78 is 32.5. The summed E-state index contributed by atoms with van der Waals surface area (Å²) in [7, 11) is -4.17. The number of hydrogen-bond acceptors (Lipinski definition) is 9. The number of H-pyrrole nitrogens is 1.